The second-order valence-electron chi connectivity index (χ2n) is 1.16. The van der Waals surface area contributed by atoms with Crippen molar-refractivity contribution in [3.63, 3.8) is 0 Å². The summed E-state index contributed by atoms with van der Waals surface area (Å²) >= 11 is 10.2. The molecule has 0 fully saturated rings. The topological polar surface area (TPSA) is 9.23 Å². The van der Waals surface area contributed by atoms with Crippen LogP contribution in [0.4, 0.5) is 0 Å². The molecular formula is C4H9Cl2OSn. The van der Waals surface area contributed by atoms with Crippen molar-refractivity contribution in [1.82, 2.24) is 0 Å². The van der Waals surface area contributed by atoms with Gasteiger partial charge in [0.25, 0.3) is 0 Å². The minimum absolute atomic E-state index is 1.37. The summed E-state index contributed by atoms with van der Waals surface area (Å²) in [4.78, 5) is 0. The van der Waals surface area contributed by atoms with E-state index < -0.39 is 0 Å². The summed E-state index contributed by atoms with van der Waals surface area (Å²) in [5.41, 5.74) is 0. The number of halogens is 2. The fourth-order valence-corrected chi connectivity index (χ4v) is 1.19. The van der Waals surface area contributed by atoms with Gasteiger partial charge in [-0.05, 0) is 0 Å². The zero-order valence-corrected chi connectivity index (χ0v) is 9.15. The molecule has 0 aromatic heterocycles. The molecule has 0 aliphatic rings. The molecule has 0 atom stereocenters. The maximum absolute atomic E-state index is 4.26. The molecule has 0 N–H and O–H groups in total. The zero-order valence-electron chi connectivity index (χ0n) is 4.79. The van der Waals surface area contributed by atoms with Crippen LogP contribution in [0, 0.1) is 0 Å². The number of rotatable bonds is 2. The first-order valence-electron chi connectivity index (χ1n) is 2.37. The van der Waals surface area contributed by atoms with Crippen molar-refractivity contribution in [3.8, 4) is 0 Å². The van der Waals surface area contributed by atoms with Gasteiger partial charge in [-0.15, -0.1) is 0 Å². The molecular weight excluding hydrogens is 254 g/mol. The zero-order chi connectivity index (χ0) is 6.83. The van der Waals surface area contributed by atoms with E-state index in [0.29, 0.717) is 0 Å². The molecule has 3 radical (unpaired) electrons. The van der Waals surface area contributed by atoms with Crippen molar-refractivity contribution in [2.24, 2.45) is 0 Å². The molecule has 0 spiro atoms. The number of hydrogen-bond donors (Lipinski definition) is 0. The van der Waals surface area contributed by atoms with E-state index in [1.165, 1.54) is 17.3 Å². The van der Waals surface area contributed by atoms with Gasteiger partial charge in [-0.2, -0.15) is 3.84 Å². The third-order valence-corrected chi connectivity index (χ3v) is 1.54. The van der Waals surface area contributed by atoms with Gasteiger partial charge >= 0.3 is 46.7 Å². The Morgan fingerprint density at radius 1 is 1.50 bits per heavy atom. The predicted octanol–water partition coefficient (Wildman–Crippen LogP) is 2.68. The molecule has 0 heterocycles. The monoisotopic (exact) mass is 263 g/mol. The summed E-state index contributed by atoms with van der Waals surface area (Å²) in [6.45, 7) is 2.23. The van der Waals surface area contributed by atoms with Crippen molar-refractivity contribution in [2.75, 3.05) is 0 Å². The van der Waals surface area contributed by atoms with E-state index in [-0.39, 0.29) is 0 Å². The largest absolute Gasteiger partial charge is 0.166 e. The summed E-state index contributed by atoms with van der Waals surface area (Å²) in [6, 6.07) is 0. The molecule has 49 valence electrons. The van der Waals surface area contributed by atoms with E-state index in [4.69, 9.17) is 0 Å². The van der Waals surface area contributed by atoms with Crippen LogP contribution in [-0.4, -0.2) is 22.5 Å². The smallest absolute Gasteiger partial charge is 0.0832 e. The molecule has 1 nitrogen and oxygen atoms in total. The molecule has 4 heteroatoms. The van der Waals surface area contributed by atoms with Gasteiger partial charge in [-0.3, -0.25) is 0 Å². The average molecular weight is 263 g/mol. The summed E-state index contributed by atoms with van der Waals surface area (Å²) in [5, 5.41) is 0. The maximum Gasteiger partial charge on any atom is 0.0832 e. The van der Waals surface area contributed by atoms with Crippen LogP contribution in [-0.2, 0) is 3.84 Å². The van der Waals surface area contributed by atoms with Gasteiger partial charge in [-0.25, -0.2) is 0 Å². The van der Waals surface area contributed by atoms with Gasteiger partial charge < -0.3 is 0 Å². The number of unbranched alkanes of at least 4 members (excludes halogenated alkanes) is 1. The van der Waals surface area contributed by atoms with E-state index in [1.54, 1.807) is 22.5 Å². The van der Waals surface area contributed by atoms with Crippen molar-refractivity contribution < 1.29 is 3.84 Å². The molecule has 0 aromatic carbocycles. The Kier molecular flexibility index (Phi) is 23.7. The van der Waals surface area contributed by atoms with Crippen molar-refractivity contribution in [2.45, 2.75) is 24.2 Å². The molecule has 0 amide bonds. The molecule has 0 aliphatic carbocycles. The van der Waals surface area contributed by atoms with Crippen molar-refractivity contribution >= 4 is 46.3 Å². The van der Waals surface area contributed by atoms with Gasteiger partial charge in [0.1, 0.15) is 0 Å². The van der Waals surface area contributed by atoms with Gasteiger partial charge in [-0.1, -0.05) is 0 Å². The van der Waals surface area contributed by atoms with Crippen LogP contribution < -0.4 is 0 Å². The Morgan fingerprint density at radius 2 is 1.88 bits per heavy atom. The molecule has 0 saturated carbocycles. The Hall–Kier alpha value is 1.34. The van der Waals surface area contributed by atoms with Crippen LogP contribution >= 0.6 is 23.7 Å². The Morgan fingerprint density at radius 3 is 1.88 bits per heavy atom. The van der Waals surface area contributed by atoms with E-state index >= 15 is 0 Å². The number of hydrogen-bond acceptors (Lipinski definition) is 1. The van der Waals surface area contributed by atoms with Crippen LogP contribution in [0.5, 0.6) is 0 Å². The SMILES string of the molecule is CCC[CH2][Sn].ClOCl. The van der Waals surface area contributed by atoms with Gasteiger partial charge in [0.05, 0.1) is 23.7 Å². The quantitative estimate of drug-likeness (QED) is 0.696. The first-order valence-corrected chi connectivity index (χ1v) is 5.00. The van der Waals surface area contributed by atoms with Gasteiger partial charge in [0.2, 0.25) is 0 Å². The van der Waals surface area contributed by atoms with E-state index in [0.717, 1.165) is 0 Å². The van der Waals surface area contributed by atoms with Crippen LogP contribution in [0.3, 0.4) is 0 Å². The van der Waals surface area contributed by atoms with Crippen LogP contribution in [0.1, 0.15) is 19.8 Å². The van der Waals surface area contributed by atoms with E-state index in [1.807, 2.05) is 0 Å². The average Bonchev–Trinajstić information content (AvgIpc) is 1.71. The predicted molar refractivity (Wildman–Crippen MR) is 38.3 cm³/mol. The summed E-state index contributed by atoms with van der Waals surface area (Å²) in [7, 11) is 0. The molecule has 0 bridgehead atoms. The third kappa shape index (κ3) is 26.5. The van der Waals surface area contributed by atoms with Crippen LogP contribution in [0.25, 0.3) is 0 Å². The standard InChI is InChI=1S/C4H9.Cl2O.Sn/c1-3-4-2;1-3-2;/h1,3-4H2,2H3;;. The minimum atomic E-state index is 1.37. The Labute approximate surface area is 74.1 Å². The molecule has 0 rings (SSSR count). The first kappa shape index (κ1) is 12.1. The first-order chi connectivity index (χ1) is 3.83. The molecule has 0 aliphatic heterocycles. The summed E-state index contributed by atoms with van der Waals surface area (Å²) in [5.74, 6) is 0. The normalized spacial score (nSPS) is 7.50. The second-order valence-corrected chi connectivity index (χ2v) is 3.06. The maximum atomic E-state index is 4.26. The van der Waals surface area contributed by atoms with Crippen LogP contribution in [0.15, 0.2) is 0 Å². The van der Waals surface area contributed by atoms with Crippen molar-refractivity contribution in [3.05, 3.63) is 0 Å². The van der Waals surface area contributed by atoms with Crippen molar-refractivity contribution in [1.29, 1.82) is 0 Å². The van der Waals surface area contributed by atoms with Crippen LogP contribution in [0.2, 0.25) is 4.44 Å². The third-order valence-electron chi connectivity index (χ3n) is 0.530. The van der Waals surface area contributed by atoms with E-state index in [9.17, 15) is 0 Å². The molecule has 0 unspecified atom stereocenters. The second kappa shape index (κ2) is 15.8. The molecule has 8 heavy (non-hydrogen) atoms. The van der Waals surface area contributed by atoms with E-state index in [2.05, 4.69) is 34.5 Å². The minimum Gasteiger partial charge on any atom is -0.166 e. The Bertz CT molecular complexity index is 28.0. The van der Waals surface area contributed by atoms with Gasteiger partial charge in [0, 0.05) is 0 Å². The molecule has 0 saturated heterocycles. The Balaban J connectivity index is 0. The summed E-state index contributed by atoms with van der Waals surface area (Å²) in [6.07, 6.45) is 2.80. The fourth-order valence-electron chi connectivity index (χ4n) is 0.177. The molecule has 0 aromatic rings. The van der Waals surface area contributed by atoms with Gasteiger partial charge in [0.15, 0.2) is 0 Å². The summed E-state index contributed by atoms with van der Waals surface area (Å²) < 4.78 is 4.63. The fraction of sp³-hybridized carbons (Fsp3) is 1.00.